The normalized spacial score (nSPS) is 23.2. The van der Waals surface area contributed by atoms with E-state index < -0.39 is 5.97 Å². The first-order valence-electron chi connectivity index (χ1n) is 6.84. The highest BCUT2D eigenvalue weighted by molar-refractivity contribution is 9.10. The summed E-state index contributed by atoms with van der Waals surface area (Å²) in [7, 11) is 0. The Hall–Kier alpha value is -1.29. The number of carboxylic acids is 1. The molecule has 1 saturated heterocycles. The largest absolute Gasteiger partial charge is 0.478 e. The molecule has 0 amide bonds. The maximum atomic E-state index is 11.0. The minimum Gasteiger partial charge on any atom is -0.478 e. The van der Waals surface area contributed by atoms with Crippen molar-refractivity contribution in [1.29, 1.82) is 0 Å². The van der Waals surface area contributed by atoms with Gasteiger partial charge < -0.3 is 10.0 Å². The van der Waals surface area contributed by atoms with Crippen molar-refractivity contribution in [1.82, 2.24) is 0 Å². The molecule has 1 aromatic rings. The van der Waals surface area contributed by atoms with Gasteiger partial charge in [0.2, 0.25) is 0 Å². The summed E-state index contributed by atoms with van der Waals surface area (Å²) in [6, 6.07) is 6.06. The standard InChI is InChI=1S/C16H20BrNO2/c1-10(16(19)20)6-13-7-14(17)4-5-15(13)18-8-11(2)12(3)9-18/h4-7,11-12H,8-9H2,1-3H3,(H,19,20). The van der Waals surface area contributed by atoms with Crippen molar-refractivity contribution in [2.75, 3.05) is 18.0 Å². The molecule has 1 aliphatic heterocycles. The first-order valence-corrected chi connectivity index (χ1v) is 7.64. The second-order valence-electron chi connectivity index (χ2n) is 5.70. The minimum absolute atomic E-state index is 0.352. The third kappa shape index (κ3) is 3.23. The van der Waals surface area contributed by atoms with Crippen molar-refractivity contribution in [3.63, 3.8) is 0 Å². The zero-order valence-corrected chi connectivity index (χ0v) is 13.6. The predicted molar refractivity (Wildman–Crippen MR) is 86.0 cm³/mol. The molecule has 1 aliphatic rings. The molecule has 1 fully saturated rings. The molecule has 1 heterocycles. The highest BCUT2D eigenvalue weighted by Crippen LogP contribution is 2.32. The van der Waals surface area contributed by atoms with Gasteiger partial charge in [-0.05, 0) is 48.6 Å². The number of nitrogens with zero attached hydrogens (tertiary/aromatic N) is 1. The van der Waals surface area contributed by atoms with Crippen molar-refractivity contribution in [3.8, 4) is 0 Å². The lowest BCUT2D eigenvalue weighted by molar-refractivity contribution is -0.132. The molecular weight excluding hydrogens is 318 g/mol. The molecular formula is C16H20BrNO2. The Bertz CT molecular complexity index is 543. The fourth-order valence-corrected chi connectivity index (χ4v) is 2.93. The summed E-state index contributed by atoms with van der Waals surface area (Å²) >= 11 is 3.46. The summed E-state index contributed by atoms with van der Waals surface area (Å²) < 4.78 is 0.964. The van der Waals surface area contributed by atoms with Gasteiger partial charge in [-0.3, -0.25) is 0 Å². The fourth-order valence-electron chi connectivity index (χ4n) is 2.55. The third-order valence-corrected chi connectivity index (χ3v) is 4.52. The van der Waals surface area contributed by atoms with Gasteiger partial charge in [-0.25, -0.2) is 4.79 Å². The Morgan fingerprint density at radius 3 is 2.50 bits per heavy atom. The van der Waals surface area contributed by atoms with Crippen LogP contribution in [0.1, 0.15) is 26.3 Å². The van der Waals surface area contributed by atoms with E-state index in [0.29, 0.717) is 17.4 Å². The summed E-state index contributed by atoms with van der Waals surface area (Å²) in [6.45, 7) is 8.21. The summed E-state index contributed by atoms with van der Waals surface area (Å²) in [5, 5.41) is 9.06. The van der Waals surface area contributed by atoms with E-state index in [4.69, 9.17) is 5.11 Å². The van der Waals surface area contributed by atoms with Gasteiger partial charge in [0.05, 0.1) is 0 Å². The Balaban J connectivity index is 2.39. The van der Waals surface area contributed by atoms with Crippen LogP contribution in [-0.2, 0) is 4.79 Å². The fraction of sp³-hybridized carbons (Fsp3) is 0.438. The Morgan fingerprint density at radius 2 is 1.95 bits per heavy atom. The van der Waals surface area contributed by atoms with Crippen molar-refractivity contribution < 1.29 is 9.90 Å². The topological polar surface area (TPSA) is 40.5 Å². The molecule has 0 spiro atoms. The Kier molecular flexibility index (Phi) is 4.53. The third-order valence-electron chi connectivity index (χ3n) is 4.03. The lowest BCUT2D eigenvalue weighted by Gasteiger charge is -2.21. The van der Waals surface area contributed by atoms with Crippen LogP contribution in [0.25, 0.3) is 6.08 Å². The lowest BCUT2D eigenvalue weighted by atomic mass is 10.0. The maximum absolute atomic E-state index is 11.0. The van der Waals surface area contributed by atoms with E-state index in [1.807, 2.05) is 12.1 Å². The van der Waals surface area contributed by atoms with Crippen LogP contribution in [0.5, 0.6) is 0 Å². The number of aliphatic carboxylic acids is 1. The average molecular weight is 338 g/mol. The van der Waals surface area contributed by atoms with Crippen LogP contribution in [-0.4, -0.2) is 24.2 Å². The van der Waals surface area contributed by atoms with Crippen molar-refractivity contribution >= 4 is 33.7 Å². The van der Waals surface area contributed by atoms with Crippen LogP contribution >= 0.6 is 15.9 Å². The molecule has 108 valence electrons. The molecule has 1 aromatic carbocycles. The number of carbonyl (C=O) groups is 1. The van der Waals surface area contributed by atoms with Crippen LogP contribution in [0.2, 0.25) is 0 Å². The van der Waals surface area contributed by atoms with Gasteiger partial charge in [-0.1, -0.05) is 29.8 Å². The first-order chi connectivity index (χ1) is 9.38. The molecule has 1 N–H and O–H groups in total. The van der Waals surface area contributed by atoms with Gasteiger partial charge in [0.25, 0.3) is 0 Å². The Morgan fingerprint density at radius 1 is 1.35 bits per heavy atom. The molecule has 2 unspecified atom stereocenters. The maximum Gasteiger partial charge on any atom is 0.331 e. The van der Waals surface area contributed by atoms with E-state index in [1.165, 1.54) is 0 Å². The molecule has 4 heteroatoms. The smallest absolute Gasteiger partial charge is 0.331 e. The van der Waals surface area contributed by atoms with Gasteiger partial charge in [-0.2, -0.15) is 0 Å². The van der Waals surface area contributed by atoms with Gasteiger partial charge in [-0.15, -0.1) is 0 Å². The van der Waals surface area contributed by atoms with E-state index in [9.17, 15) is 4.79 Å². The van der Waals surface area contributed by atoms with Crippen molar-refractivity contribution in [2.24, 2.45) is 11.8 Å². The van der Waals surface area contributed by atoms with Gasteiger partial charge in [0.1, 0.15) is 0 Å². The van der Waals surface area contributed by atoms with E-state index in [2.05, 4.69) is 40.7 Å². The second-order valence-corrected chi connectivity index (χ2v) is 6.61. The quantitative estimate of drug-likeness (QED) is 0.846. The monoisotopic (exact) mass is 337 g/mol. The number of carboxylic acid groups (broad SMARTS) is 1. The number of anilines is 1. The molecule has 2 atom stereocenters. The number of hydrogen-bond acceptors (Lipinski definition) is 2. The molecule has 0 bridgehead atoms. The summed E-state index contributed by atoms with van der Waals surface area (Å²) in [5.41, 5.74) is 2.43. The molecule has 0 radical (unpaired) electrons. The average Bonchev–Trinajstić information content (AvgIpc) is 2.69. The van der Waals surface area contributed by atoms with Crippen molar-refractivity contribution in [2.45, 2.75) is 20.8 Å². The summed E-state index contributed by atoms with van der Waals surface area (Å²) in [4.78, 5) is 13.4. The van der Waals surface area contributed by atoms with Crippen LogP contribution in [0.3, 0.4) is 0 Å². The van der Waals surface area contributed by atoms with Gasteiger partial charge in [0.15, 0.2) is 0 Å². The predicted octanol–water partition coefficient (Wildman–Crippen LogP) is 4.03. The minimum atomic E-state index is -0.876. The first kappa shape index (κ1) is 15.1. The van der Waals surface area contributed by atoms with Crippen LogP contribution in [0.15, 0.2) is 28.2 Å². The number of benzene rings is 1. The molecule has 2 rings (SSSR count). The molecule has 0 aromatic heterocycles. The van der Waals surface area contributed by atoms with Crippen LogP contribution in [0, 0.1) is 11.8 Å². The zero-order valence-electron chi connectivity index (χ0n) is 12.1. The number of halogens is 1. The molecule has 0 saturated carbocycles. The lowest BCUT2D eigenvalue weighted by Crippen LogP contribution is -2.20. The van der Waals surface area contributed by atoms with Crippen molar-refractivity contribution in [3.05, 3.63) is 33.8 Å². The molecule has 3 nitrogen and oxygen atoms in total. The summed E-state index contributed by atoms with van der Waals surface area (Å²) in [5.74, 6) is 0.450. The van der Waals surface area contributed by atoms with Gasteiger partial charge >= 0.3 is 5.97 Å². The zero-order chi connectivity index (χ0) is 14.9. The second kappa shape index (κ2) is 6.00. The SMILES string of the molecule is CC(=Cc1cc(Br)ccc1N1CC(C)C(C)C1)C(=O)O. The van der Waals surface area contributed by atoms with Crippen LogP contribution < -0.4 is 4.90 Å². The highest BCUT2D eigenvalue weighted by Gasteiger charge is 2.27. The van der Waals surface area contributed by atoms with Gasteiger partial charge in [0, 0.05) is 28.8 Å². The Labute approximate surface area is 128 Å². The summed E-state index contributed by atoms with van der Waals surface area (Å²) in [6.07, 6.45) is 1.75. The van der Waals surface area contributed by atoms with E-state index in [0.717, 1.165) is 28.8 Å². The van der Waals surface area contributed by atoms with E-state index >= 15 is 0 Å². The number of rotatable bonds is 3. The molecule has 0 aliphatic carbocycles. The van der Waals surface area contributed by atoms with E-state index in [-0.39, 0.29) is 0 Å². The number of hydrogen-bond donors (Lipinski definition) is 1. The van der Waals surface area contributed by atoms with E-state index in [1.54, 1.807) is 13.0 Å². The van der Waals surface area contributed by atoms with Crippen LogP contribution in [0.4, 0.5) is 5.69 Å². The highest BCUT2D eigenvalue weighted by atomic mass is 79.9. The molecule has 20 heavy (non-hydrogen) atoms.